The van der Waals surface area contributed by atoms with Crippen molar-refractivity contribution in [2.45, 2.75) is 19.9 Å². The van der Waals surface area contributed by atoms with E-state index in [0.29, 0.717) is 50.7 Å². The molecule has 0 bridgehead atoms. The summed E-state index contributed by atoms with van der Waals surface area (Å²) in [6, 6.07) is 16.3. The molecule has 2 aromatic carbocycles. The number of carbonyl (C=O) groups excluding carboxylic acids is 1. The number of nitrogens with zero attached hydrogens (tertiary/aromatic N) is 3. The van der Waals surface area contributed by atoms with E-state index in [0.717, 1.165) is 5.56 Å². The zero-order valence-corrected chi connectivity index (χ0v) is 19.7. The molecule has 32 heavy (non-hydrogen) atoms. The van der Waals surface area contributed by atoms with Gasteiger partial charge in [0.05, 0.1) is 7.11 Å². The average molecular weight is 461 g/mol. The van der Waals surface area contributed by atoms with Crippen molar-refractivity contribution in [1.29, 1.82) is 0 Å². The smallest absolute Gasteiger partial charge is 0.282 e. The van der Waals surface area contributed by atoms with E-state index in [2.05, 4.69) is 5.32 Å². The third-order valence-electron chi connectivity index (χ3n) is 5.70. The zero-order chi connectivity index (χ0) is 23.1. The van der Waals surface area contributed by atoms with Crippen LogP contribution in [0.1, 0.15) is 25.5 Å². The number of benzene rings is 2. The van der Waals surface area contributed by atoms with Crippen molar-refractivity contribution in [3.63, 3.8) is 0 Å². The number of carbonyl (C=O) groups is 1. The van der Waals surface area contributed by atoms with Gasteiger partial charge in [0.15, 0.2) is 0 Å². The van der Waals surface area contributed by atoms with Crippen LogP contribution >= 0.6 is 0 Å². The molecule has 3 rings (SSSR count). The Hall–Kier alpha value is -2.46. The van der Waals surface area contributed by atoms with E-state index in [1.54, 1.807) is 13.2 Å². The Bertz CT molecular complexity index is 988. The molecule has 1 amide bonds. The first kappa shape index (κ1) is 24.2. The topological polar surface area (TPSA) is 82.2 Å². The standard InChI is InChI=1S/C23H32N4O4S/c1-4-26(5-2)32(29,30)27-16-14-25(15-17-27)22(19-10-7-6-8-11-19)23(28)24-20-12-9-13-21(18-20)31-3/h6-13,18,22H,4-5,14-17H2,1-3H3,(H,24,28). The van der Waals surface area contributed by atoms with Crippen LogP contribution in [0.25, 0.3) is 0 Å². The molecular weight excluding hydrogens is 428 g/mol. The molecule has 1 saturated heterocycles. The van der Waals surface area contributed by atoms with Crippen LogP contribution in [0.4, 0.5) is 5.69 Å². The minimum Gasteiger partial charge on any atom is -0.497 e. The maximum absolute atomic E-state index is 13.4. The molecule has 1 unspecified atom stereocenters. The summed E-state index contributed by atoms with van der Waals surface area (Å²) in [5.74, 6) is 0.499. The number of rotatable bonds is 9. The van der Waals surface area contributed by atoms with Crippen molar-refractivity contribution in [3.05, 3.63) is 60.2 Å². The fourth-order valence-electron chi connectivity index (χ4n) is 3.98. The Morgan fingerprint density at radius 1 is 1.03 bits per heavy atom. The predicted octanol–water partition coefficient (Wildman–Crippen LogP) is 2.58. The molecule has 0 spiro atoms. The average Bonchev–Trinajstić information content (AvgIpc) is 2.81. The molecule has 0 saturated carbocycles. The maximum atomic E-state index is 13.4. The van der Waals surface area contributed by atoms with Crippen LogP contribution < -0.4 is 10.1 Å². The van der Waals surface area contributed by atoms with Gasteiger partial charge in [0.2, 0.25) is 5.91 Å². The van der Waals surface area contributed by atoms with Crippen LogP contribution in [0, 0.1) is 0 Å². The maximum Gasteiger partial charge on any atom is 0.282 e. The van der Waals surface area contributed by atoms with Crippen molar-refractivity contribution in [1.82, 2.24) is 13.5 Å². The highest BCUT2D eigenvalue weighted by Gasteiger charge is 2.35. The van der Waals surface area contributed by atoms with Crippen LogP contribution in [-0.2, 0) is 15.0 Å². The number of methoxy groups -OCH3 is 1. The van der Waals surface area contributed by atoms with Crippen molar-refractivity contribution in [2.75, 3.05) is 51.7 Å². The molecule has 1 aliphatic rings. The molecule has 0 aliphatic carbocycles. The molecule has 2 aromatic rings. The van der Waals surface area contributed by atoms with Gasteiger partial charge in [-0.15, -0.1) is 0 Å². The molecule has 9 heteroatoms. The van der Waals surface area contributed by atoms with E-state index < -0.39 is 16.3 Å². The second-order valence-corrected chi connectivity index (χ2v) is 9.49. The lowest BCUT2D eigenvalue weighted by Gasteiger charge is -2.39. The molecule has 1 fully saturated rings. The van der Waals surface area contributed by atoms with Crippen molar-refractivity contribution in [3.8, 4) is 5.75 Å². The van der Waals surface area contributed by atoms with Gasteiger partial charge in [0.1, 0.15) is 11.8 Å². The molecule has 8 nitrogen and oxygen atoms in total. The number of amides is 1. The first-order valence-electron chi connectivity index (χ1n) is 10.9. The first-order chi connectivity index (χ1) is 15.4. The van der Waals surface area contributed by atoms with Gasteiger partial charge < -0.3 is 10.1 Å². The van der Waals surface area contributed by atoms with E-state index in [9.17, 15) is 13.2 Å². The van der Waals surface area contributed by atoms with Crippen molar-refractivity contribution < 1.29 is 17.9 Å². The monoisotopic (exact) mass is 460 g/mol. The summed E-state index contributed by atoms with van der Waals surface area (Å²) in [6.45, 7) is 6.17. The normalized spacial score (nSPS) is 16.6. The number of piperazine rings is 1. The van der Waals surface area contributed by atoms with Crippen LogP contribution in [0.15, 0.2) is 54.6 Å². The lowest BCUT2D eigenvalue weighted by atomic mass is 10.0. The third-order valence-corrected chi connectivity index (χ3v) is 7.88. The van der Waals surface area contributed by atoms with Crippen LogP contribution in [0.3, 0.4) is 0 Å². The Morgan fingerprint density at radius 2 is 1.69 bits per heavy atom. The summed E-state index contributed by atoms with van der Waals surface area (Å²) in [5, 5.41) is 2.99. The molecule has 1 aliphatic heterocycles. The highest BCUT2D eigenvalue weighted by molar-refractivity contribution is 7.86. The minimum atomic E-state index is -3.49. The fraction of sp³-hybridized carbons (Fsp3) is 0.435. The summed E-state index contributed by atoms with van der Waals surface area (Å²) in [5.41, 5.74) is 1.52. The number of anilines is 1. The predicted molar refractivity (Wildman–Crippen MR) is 126 cm³/mol. The van der Waals surface area contributed by atoms with E-state index in [-0.39, 0.29) is 5.91 Å². The molecule has 1 N–H and O–H groups in total. The van der Waals surface area contributed by atoms with Crippen LogP contribution in [0.5, 0.6) is 5.75 Å². The minimum absolute atomic E-state index is 0.162. The fourth-order valence-corrected chi connectivity index (χ4v) is 5.58. The van der Waals surface area contributed by atoms with E-state index in [1.165, 1.54) is 8.61 Å². The Kier molecular flexibility index (Phi) is 8.25. The Morgan fingerprint density at radius 3 is 2.28 bits per heavy atom. The summed E-state index contributed by atoms with van der Waals surface area (Å²) in [7, 11) is -1.91. The number of ether oxygens (including phenoxy) is 1. The van der Waals surface area contributed by atoms with Gasteiger partial charge in [-0.05, 0) is 17.7 Å². The lowest BCUT2D eigenvalue weighted by molar-refractivity contribution is -0.122. The van der Waals surface area contributed by atoms with E-state index >= 15 is 0 Å². The van der Waals surface area contributed by atoms with E-state index in [4.69, 9.17) is 4.74 Å². The third kappa shape index (κ3) is 5.47. The van der Waals surface area contributed by atoms with Gasteiger partial charge in [-0.2, -0.15) is 17.0 Å². The quantitative estimate of drug-likeness (QED) is 0.622. The summed E-state index contributed by atoms with van der Waals surface area (Å²) < 4.78 is 34.0. The molecule has 1 atom stereocenters. The van der Waals surface area contributed by atoms with Gasteiger partial charge in [-0.3, -0.25) is 9.69 Å². The highest BCUT2D eigenvalue weighted by Crippen LogP contribution is 2.26. The Balaban J connectivity index is 1.78. The van der Waals surface area contributed by atoms with Crippen LogP contribution in [0.2, 0.25) is 0 Å². The number of hydrogen-bond donors (Lipinski definition) is 1. The SMILES string of the molecule is CCN(CC)S(=O)(=O)N1CCN(C(C(=O)Nc2cccc(OC)c2)c2ccccc2)CC1. The van der Waals surface area contributed by atoms with Crippen molar-refractivity contribution >= 4 is 21.8 Å². The molecule has 0 aromatic heterocycles. The highest BCUT2D eigenvalue weighted by atomic mass is 32.2. The van der Waals surface area contributed by atoms with Crippen molar-refractivity contribution in [2.24, 2.45) is 0 Å². The van der Waals surface area contributed by atoms with Gasteiger partial charge >= 0.3 is 0 Å². The molecule has 174 valence electrons. The second-order valence-electron chi connectivity index (χ2n) is 7.56. The van der Waals surface area contributed by atoms with Crippen LogP contribution in [-0.4, -0.2) is 74.2 Å². The summed E-state index contributed by atoms with van der Waals surface area (Å²) in [4.78, 5) is 15.4. The zero-order valence-electron chi connectivity index (χ0n) is 18.9. The van der Waals surface area contributed by atoms with Gasteiger partial charge in [-0.25, -0.2) is 0 Å². The Labute approximate surface area is 190 Å². The number of nitrogens with one attached hydrogen (secondary N) is 1. The largest absolute Gasteiger partial charge is 0.497 e. The van der Waals surface area contributed by atoms with Gasteiger partial charge in [-0.1, -0.05) is 50.2 Å². The molecule has 1 heterocycles. The summed E-state index contributed by atoms with van der Waals surface area (Å²) >= 11 is 0. The van der Waals surface area contributed by atoms with Gasteiger partial charge in [0.25, 0.3) is 10.2 Å². The summed E-state index contributed by atoms with van der Waals surface area (Å²) in [6.07, 6.45) is 0. The number of hydrogen-bond acceptors (Lipinski definition) is 5. The second kappa shape index (κ2) is 10.9. The molecule has 0 radical (unpaired) electrons. The van der Waals surface area contributed by atoms with E-state index in [1.807, 2.05) is 67.3 Å². The van der Waals surface area contributed by atoms with Gasteiger partial charge in [0, 0.05) is 51.0 Å². The lowest BCUT2D eigenvalue weighted by Crippen LogP contribution is -2.54. The molecular formula is C23H32N4O4S. The first-order valence-corrected chi connectivity index (χ1v) is 12.3.